The van der Waals surface area contributed by atoms with Crippen molar-refractivity contribution in [3.05, 3.63) is 35.4 Å². The largest absolute Gasteiger partial charge is 0.387 e. The molecule has 1 saturated heterocycles. The summed E-state index contributed by atoms with van der Waals surface area (Å²) in [5, 5.41) is 13.9. The van der Waals surface area contributed by atoms with Gasteiger partial charge in [0.1, 0.15) is 0 Å². The van der Waals surface area contributed by atoms with E-state index in [0.717, 1.165) is 38.0 Å². The molecule has 1 atom stereocenters. The van der Waals surface area contributed by atoms with Crippen LogP contribution in [-0.2, 0) is 11.2 Å². The van der Waals surface area contributed by atoms with Gasteiger partial charge in [-0.1, -0.05) is 38.1 Å². The third-order valence-electron chi connectivity index (χ3n) is 4.33. The second kappa shape index (κ2) is 7.39. The van der Waals surface area contributed by atoms with Crippen molar-refractivity contribution >= 4 is 0 Å². The number of hydrogen-bond donors (Lipinski definition) is 2. The zero-order valence-corrected chi connectivity index (χ0v) is 13.6. The van der Waals surface area contributed by atoms with E-state index >= 15 is 0 Å². The van der Waals surface area contributed by atoms with E-state index in [-0.39, 0.29) is 5.54 Å². The molecule has 0 aliphatic carbocycles. The average molecular weight is 291 g/mol. The highest BCUT2D eigenvalue weighted by Crippen LogP contribution is 2.21. The molecule has 1 fully saturated rings. The molecule has 21 heavy (non-hydrogen) atoms. The van der Waals surface area contributed by atoms with E-state index in [4.69, 9.17) is 4.74 Å². The first-order valence-corrected chi connectivity index (χ1v) is 8.08. The molecule has 1 aromatic carbocycles. The van der Waals surface area contributed by atoms with Crippen molar-refractivity contribution < 1.29 is 9.84 Å². The molecule has 1 aliphatic rings. The summed E-state index contributed by atoms with van der Waals surface area (Å²) >= 11 is 0. The average Bonchev–Trinajstić information content (AvgIpc) is 2.46. The Morgan fingerprint density at radius 1 is 1.19 bits per heavy atom. The Bertz CT molecular complexity index is 421. The first-order chi connectivity index (χ1) is 9.98. The summed E-state index contributed by atoms with van der Waals surface area (Å²) in [5.41, 5.74) is 2.42. The van der Waals surface area contributed by atoms with Crippen LogP contribution in [0.2, 0.25) is 0 Å². The Morgan fingerprint density at radius 3 is 2.38 bits per heavy atom. The monoisotopic (exact) mass is 291 g/mol. The fourth-order valence-electron chi connectivity index (χ4n) is 2.81. The highest BCUT2D eigenvalue weighted by atomic mass is 16.5. The highest BCUT2D eigenvalue weighted by molar-refractivity contribution is 5.24. The highest BCUT2D eigenvalue weighted by Gasteiger charge is 2.27. The molecular weight excluding hydrogens is 262 g/mol. The Hall–Kier alpha value is -0.900. The van der Waals surface area contributed by atoms with Crippen molar-refractivity contribution in [3.8, 4) is 0 Å². The Labute approximate surface area is 128 Å². The lowest BCUT2D eigenvalue weighted by Gasteiger charge is -2.35. The minimum atomic E-state index is -0.447. The molecule has 118 valence electrons. The maximum absolute atomic E-state index is 10.3. The van der Waals surface area contributed by atoms with Crippen molar-refractivity contribution in [1.29, 1.82) is 0 Å². The number of β-amino-alcohol motifs (C(OH)–C–C–N with tert-alkyl or cyclic N) is 1. The van der Waals surface area contributed by atoms with Gasteiger partial charge in [0.2, 0.25) is 0 Å². The molecule has 3 heteroatoms. The van der Waals surface area contributed by atoms with Crippen LogP contribution in [0.15, 0.2) is 24.3 Å². The predicted molar refractivity (Wildman–Crippen MR) is 86.4 cm³/mol. The SMILES string of the molecule is CC(C)Cc1ccc(C(O)CNC2(C)CCOCC2)cc1. The number of ether oxygens (including phenoxy) is 1. The summed E-state index contributed by atoms with van der Waals surface area (Å²) in [6, 6.07) is 8.37. The van der Waals surface area contributed by atoms with E-state index in [9.17, 15) is 5.11 Å². The van der Waals surface area contributed by atoms with Gasteiger partial charge in [0.25, 0.3) is 0 Å². The van der Waals surface area contributed by atoms with Crippen molar-refractivity contribution in [1.82, 2.24) is 5.32 Å². The molecule has 0 amide bonds. The van der Waals surface area contributed by atoms with E-state index in [1.165, 1.54) is 5.56 Å². The third-order valence-corrected chi connectivity index (χ3v) is 4.33. The fraction of sp³-hybridized carbons (Fsp3) is 0.667. The van der Waals surface area contributed by atoms with Gasteiger partial charge < -0.3 is 15.2 Å². The standard InChI is InChI=1S/C18H29NO2/c1-14(2)12-15-4-6-16(7-5-15)17(20)13-19-18(3)8-10-21-11-9-18/h4-7,14,17,19-20H,8-13H2,1-3H3. The van der Waals surface area contributed by atoms with Gasteiger partial charge in [-0.15, -0.1) is 0 Å². The van der Waals surface area contributed by atoms with Gasteiger partial charge in [-0.2, -0.15) is 0 Å². The molecule has 1 heterocycles. The van der Waals surface area contributed by atoms with Gasteiger partial charge in [0.05, 0.1) is 6.10 Å². The van der Waals surface area contributed by atoms with Gasteiger partial charge in [-0.3, -0.25) is 0 Å². The Kier molecular flexibility index (Phi) is 5.80. The molecule has 1 aromatic rings. The summed E-state index contributed by atoms with van der Waals surface area (Å²) in [6.07, 6.45) is 2.66. The molecular formula is C18H29NO2. The number of rotatable bonds is 6. The smallest absolute Gasteiger partial charge is 0.0914 e. The van der Waals surface area contributed by atoms with Crippen LogP contribution >= 0.6 is 0 Å². The Morgan fingerprint density at radius 2 is 1.81 bits per heavy atom. The van der Waals surface area contributed by atoms with E-state index in [0.29, 0.717) is 12.5 Å². The zero-order valence-electron chi connectivity index (χ0n) is 13.6. The number of hydrogen-bond acceptors (Lipinski definition) is 3. The number of aliphatic hydroxyl groups is 1. The van der Waals surface area contributed by atoms with Crippen LogP contribution in [0.3, 0.4) is 0 Å². The molecule has 2 rings (SSSR count). The Balaban J connectivity index is 1.86. The summed E-state index contributed by atoms with van der Waals surface area (Å²) in [6.45, 7) is 8.88. The molecule has 0 radical (unpaired) electrons. The number of aliphatic hydroxyl groups excluding tert-OH is 1. The molecule has 1 aliphatic heterocycles. The van der Waals surface area contributed by atoms with Crippen LogP contribution in [0.1, 0.15) is 50.8 Å². The molecule has 2 N–H and O–H groups in total. The maximum atomic E-state index is 10.3. The molecule has 0 saturated carbocycles. The lowest BCUT2D eigenvalue weighted by Crippen LogP contribution is -2.48. The number of benzene rings is 1. The van der Waals surface area contributed by atoms with Crippen LogP contribution in [0, 0.1) is 5.92 Å². The van der Waals surface area contributed by atoms with Gasteiger partial charge in [-0.05, 0) is 43.2 Å². The minimum Gasteiger partial charge on any atom is -0.387 e. The van der Waals surface area contributed by atoms with Crippen LogP contribution < -0.4 is 5.32 Å². The van der Waals surface area contributed by atoms with Crippen LogP contribution in [-0.4, -0.2) is 30.4 Å². The molecule has 0 aromatic heterocycles. The topological polar surface area (TPSA) is 41.5 Å². The molecule has 3 nitrogen and oxygen atoms in total. The first kappa shape index (κ1) is 16.5. The summed E-state index contributed by atoms with van der Waals surface area (Å²) in [7, 11) is 0. The van der Waals surface area contributed by atoms with Crippen LogP contribution in [0.4, 0.5) is 0 Å². The molecule has 1 unspecified atom stereocenters. The number of nitrogens with one attached hydrogen (secondary N) is 1. The van der Waals surface area contributed by atoms with E-state index in [2.05, 4.69) is 50.4 Å². The van der Waals surface area contributed by atoms with Crippen molar-refractivity contribution in [2.45, 2.75) is 51.7 Å². The van der Waals surface area contributed by atoms with Crippen LogP contribution in [0.5, 0.6) is 0 Å². The fourth-order valence-corrected chi connectivity index (χ4v) is 2.81. The van der Waals surface area contributed by atoms with Crippen LogP contribution in [0.25, 0.3) is 0 Å². The lowest BCUT2D eigenvalue weighted by molar-refractivity contribution is 0.0388. The van der Waals surface area contributed by atoms with E-state index in [1.54, 1.807) is 0 Å². The first-order valence-electron chi connectivity index (χ1n) is 8.08. The molecule has 0 bridgehead atoms. The second-order valence-corrected chi connectivity index (χ2v) is 6.91. The summed E-state index contributed by atoms with van der Waals surface area (Å²) in [4.78, 5) is 0. The third kappa shape index (κ3) is 5.10. The molecule has 0 spiro atoms. The quantitative estimate of drug-likeness (QED) is 0.846. The van der Waals surface area contributed by atoms with Gasteiger partial charge in [0.15, 0.2) is 0 Å². The maximum Gasteiger partial charge on any atom is 0.0914 e. The minimum absolute atomic E-state index is 0.0941. The lowest BCUT2D eigenvalue weighted by atomic mass is 9.92. The summed E-state index contributed by atoms with van der Waals surface area (Å²) < 4.78 is 5.40. The van der Waals surface area contributed by atoms with Crippen molar-refractivity contribution in [2.24, 2.45) is 5.92 Å². The zero-order chi connectivity index (χ0) is 15.3. The predicted octanol–water partition coefficient (Wildman–Crippen LogP) is 3.08. The van der Waals surface area contributed by atoms with Crippen molar-refractivity contribution in [2.75, 3.05) is 19.8 Å². The van der Waals surface area contributed by atoms with E-state index in [1.807, 2.05) is 0 Å². The van der Waals surface area contributed by atoms with Crippen molar-refractivity contribution in [3.63, 3.8) is 0 Å². The second-order valence-electron chi connectivity index (χ2n) is 6.91. The summed E-state index contributed by atoms with van der Waals surface area (Å²) in [5.74, 6) is 0.663. The van der Waals surface area contributed by atoms with Gasteiger partial charge in [-0.25, -0.2) is 0 Å². The normalized spacial score (nSPS) is 19.7. The van der Waals surface area contributed by atoms with E-state index < -0.39 is 6.10 Å². The van der Waals surface area contributed by atoms with Gasteiger partial charge >= 0.3 is 0 Å². The van der Waals surface area contributed by atoms with Gasteiger partial charge in [0, 0.05) is 25.3 Å².